The molecule has 3 N–H and O–H groups in total. The van der Waals surface area contributed by atoms with E-state index in [0.717, 1.165) is 31.4 Å². The molecule has 1 heterocycles. The van der Waals surface area contributed by atoms with E-state index < -0.39 is 5.60 Å². The molecule has 7 nitrogen and oxygen atoms in total. The predicted octanol–water partition coefficient (Wildman–Crippen LogP) is 3.50. The average Bonchev–Trinajstić information content (AvgIpc) is 2.84. The van der Waals surface area contributed by atoms with Gasteiger partial charge in [-0.3, -0.25) is 9.59 Å². The van der Waals surface area contributed by atoms with Crippen LogP contribution in [0.2, 0.25) is 0 Å². The molecule has 190 valence electrons. The zero-order valence-electron chi connectivity index (χ0n) is 21.1. The summed E-state index contributed by atoms with van der Waals surface area (Å²) in [5.74, 6) is -0.171. The second-order valence-corrected chi connectivity index (χ2v) is 10.3. The minimum atomic E-state index is -0.636. The van der Waals surface area contributed by atoms with Gasteiger partial charge in [0.1, 0.15) is 0 Å². The van der Waals surface area contributed by atoms with Gasteiger partial charge in [-0.25, -0.2) is 0 Å². The van der Waals surface area contributed by atoms with E-state index in [1.165, 1.54) is 5.56 Å². The molecule has 2 fully saturated rings. The van der Waals surface area contributed by atoms with Gasteiger partial charge in [-0.2, -0.15) is 0 Å². The van der Waals surface area contributed by atoms with Crippen LogP contribution < -0.4 is 10.6 Å². The van der Waals surface area contributed by atoms with Crippen molar-refractivity contribution in [1.82, 2.24) is 10.2 Å². The third kappa shape index (κ3) is 7.98. The van der Waals surface area contributed by atoms with E-state index in [0.29, 0.717) is 45.7 Å². The molecule has 0 radical (unpaired) electrons. The zero-order valence-corrected chi connectivity index (χ0v) is 21.1. The number of nitrogens with zero attached hydrogens (tertiary/aromatic N) is 1. The lowest BCUT2D eigenvalue weighted by molar-refractivity contribution is -0.140. The number of aryl methyl sites for hydroxylation is 1. The van der Waals surface area contributed by atoms with Gasteiger partial charge in [-0.1, -0.05) is 37.5 Å². The second-order valence-electron chi connectivity index (χ2n) is 10.3. The molecule has 1 aliphatic heterocycles. The number of nitrogens with one attached hydrogen (secondary N) is 2. The number of carbonyl (C=O) groups is 2. The van der Waals surface area contributed by atoms with Gasteiger partial charge >= 0.3 is 0 Å². The summed E-state index contributed by atoms with van der Waals surface area (Å²) in [6.45, 7) is 8.95. The largest absolute Gasteiger partial charge is 0.390 e. The molecule has 7 heteroatoms. The lowest BCUT2D eigenvalue weighted by Gasteiger charge is -2.37. The van der Waals surface area contributed by atoms with Gasteiger partial charge < -0.3 is 25.4 Å². The molecule has 0 spiro atoms. The number of carbonyl (C=O) groups excluding carboxylic acids is 2. The van der Waals surface area contributed by atoms with E-state index in [1.54, 1.807) is 0 Å². The van der Waals surface area contributed by atoms with Crippen molar-refractivity contribution in [2.45, 2.75) is 77.4 Å². The molecular weight excluding hydrogens is 430 g/mol. The summed E-state index contributed by atoms with van der Waals surface area (Å²) < 4.78 is 5.37. The maximum Gasteiger partial charge on any atom is 0.223 e. The summed E-state index contributed by atoms with van der Waals surface area (Å²) in [4.78, 5) is 28.1. The molecule has 0 bridgehead atoms. The topological polar surface area (TPSA) is 90.9 Å². The van der Waals surface area contributed by atoms with E-state index in [1.807, 2.05) is 30.9 Å². The van der Waals surface area contributed by atoms with Gasteiger partial charge in [0.05, 0.1) is 18.8 Å². The quantitative estimate of drug-likeness (QED) is 0.484. The molecule has 4 atom stereocenters. The molecule has 1 saturated carbocycles. The van der Waals surface area contributed by atoms with Crippen LogP contribution in [0, 0.1) is 18.8 Å². The standard InChI is InChI=1S/C27H43N3O4/c1-4-27(33)11-5-6-22(18-27)16-23(17-25(31)30-12-14-34-15-13-30)26(32)29-21(3)19-28-24-9-7-20(2)8-10-24/h7-10,21-23,28,33H,4-6,11-19H2,1-3H3,(H,29,32)/t21-,22?,23+,27?/m0/s1. The molecule has 2 aliphatic rings. The van der Waals surface area contributed by atoms with Gasteiger partial charge in [0.2, 0.25) is 11.8 Å². The fourth-order valence-electron chi connectivity index (χ4n) is 5.18. The SMILES string of the molecule is CCC1(O)CCCC(C[C@H](CC(=O)N2CCOCC2)C(=O)N[C@@H](C)CNc2ccc(C)cc2)C1. The first-order chi connectivity index (χ1) is 16.3. The number of rotatable bonds is 10. The van der Waals surface area contributed by atoms with Crippen molar-refractivity contribution in [1.29, 1.82) is 0 Å². The number of amides is 2. The van der Waals surface area contributed by atoms with Crippen LogP contribution in [0.4, 0.5) is 5.69 Å². The summed E-state index contributed by atoms with van der Waals surface area (Å²) >= 11 is 0. The molecule has 1 aromatic rings. The van der Waals surface area contributed by atoms with Crippen molar-refractivity contribution in [2.75, 3.05) is 38.2 Å². The fourth-order valence-corrected chi connectivity index (χ4v) is 5.18. The summed E-state index contributed by atoms with van der Waals surface area (Å²) in [6.07, 6.45) is 5.09. The normalized spacial score (nSPS) is 24.8. The van der Waals surface area contributed by atoms with Gasteiger partial charge in [0, 0.05) is 43.7 Å². The first kappa shape index (κ1) is 26.5. The Morgan fingerprint density at radius 3 is 2.62 bits per heavy atom. The highest BCUT2D eigenvalue weighted by atomic mass is 16.5. The molecule has 2 amide bonds. The Morgan fingerprint density at radius 2 is 1.94 bits per heavy atom. The highest BCUT2D eigenvalue weighted by molar-refractivity contribution is 5.86. The lowest BCUT2D eigenvalue weighted by atomic mass is 9.73. The van der Waals surface area contributed by atoms with Crippen LogP contribution in [0.3, 0.4) is 0 Å². The summed E-state index contributed by atoms with van der Waals surface area (Å²) in [5.41, 5.74) is 1.59. The fraction of sp³-hybridized carbons (Fsp3) is 0.704. The van der Waals surface area contributed by atoms with E-state index in [9.17, 15) is 14.7 Å². The van der Waals surface area contributed by atoms with Gasteiger partial charge in [-0.05, 0) is 57.6 Å². The Morgan fingerprint density at radius 1 is 1.24 bits per heavy atom. The number of hydrogen-bond donors (Lipinski definition) is 3. The van der Waals surface area contributed by atoms with Gasteiger partial charge in [0.15, 0.2) is 0 Å². The Kier molecular flexibility index (Phi) is 9.77. The third-order valence-electron chi connectivity index (χ3n) is 7.41. The number of hydrogen-bond acceptors (Lipinski definition) is 5. The van der Waals surface area contributed by atoms with Crippen LogP contribution in [0.1, 0.15) is 64.4 Å². The van der Waals surface area contributed by atoms with E-state index >= 15 is 0 Å². The smallest absolute Gasteiger partial charge is 0.223 e. The summed E-state index contributed by atoms with van der Waals surface area (Å²) in [7, 11) is 0. The van der Waals surface area contributed by atoms with Crippen molar-refractivity contribution < 1.29 is 19.4 Å². The molecule has 3 rings (SSSR count). The molecule has 0 aromatic heterocycles. The van der Waals surface area contributed by atoms with Crippen LogP contribution in [-0.4, -0.2) is 66.3 Å². The summed E-state index contributed by atoms with van der Waals surface area (Å²) in [5, 5.41) is 17.3. The van der Waals surface area contributed by atoms with Crippen molar-refractivity contribution in [3.8, 4) is 0 Å². The van der Waals surface area contributed by atoms with Crippen LogP contribution >= 0.6 is 0 Å². The lowest BCUT2D eigenvalue weighted by Crippen LogP contribution is -2.45. The highest BCUT2D eigenvalue weighted by Gasteiger charge is 2.36. The molecule has 1 aliphatic carbocycles. The Bertz CT molecular complexity index is 794. The van der Waals surface area contributed by atoms with Crippen molar-refractivity contribution in [3.63, 3.8) is 0 Å². The Balaban J connectivity index is 1.60. The molecule has 1 aromatic carbocycles. The van der Waals surface area contributed by atoms with Crippen molar-refractivity contribution in [2.24, 2.45) is 11.8 Å². The Hall–Kier alpha value is -2.12. The summed E-state index contributed by atoms with van der Waals surface area (Å²) in [6, 6.07) is 8.10. The van der Waals surface area contributed by atoms with Crippen molar-refractivity contribution >= 4 is 17.5 Å². The predicted molar refractivity (Wildman–Crippen MR) is 135 cm³/mol. The number of benzene rings is 1. The van der Waals surface area contributed by atoms with Crippen LogP contribution in [0.15, 0.2) is 24.3 Å². The molecule has 2 unspecified atom stereocenters. The number of morpholine rings is 1. The van der Waals surface area contributed by atoms with Crippen molar-refractivity contribution in [3.05, 3.63) is 29.8 Å². The minimum Gasteiger partial charge on any atom is -0.390 e. The Labute approximate surface area is 204 Å². The molecular formula is C27H43N3O4. The maximum atomic E-state index is 13.3. The minimum absolute atomic E-state index is 0.0236. The van der Waals surface area contributed by atoms with Gasteiger partial charge in [0.25, 0.3) is 0 Å². The van der Waals surface area contributed by atoms with E-state index in [2.05, 4.69) is 29.7 Å². The van der Waals surface area contributed by atoms with Crippen LogP contribution in [-0.2, 0) is 14.3 Å². The maximum absolute atomic E-state index is 13.3. The first-order valence-corrected chi connectivity index (χ1v) is 13.0. The number of aliphatic hydroxyl groups is 1. The zero-order chi connectivity index (χ0) is 24.6. The third-order valence-corrected chi connectivity index (χ3v) is 7.41. The highest BCUT2D eigenvalue weighted by Crippen LogP contribution is 2.38. The molecule has 34 heavy (non-hydrogen) atoms. The van der Waals surface area contributed by atoms with Crippen LogP contribution in [0.25, 0.3) is 0 Å². The van der Waals surface area contributed by atoms with Gasteiger partial charge in [-0.15, -0.1) is 0 Å². The van der Waals surface area contributed by atoms with E-state index in [4.69, 9.17) is 4.74 Å². The monoisotopic (exact) mass is 473 g/mol. The van der Waals surface area contributed by atoms with E-state index in [-0.39, 0.29) is 36.1 Å². The second kappa shape index (κ2) is 12.5. The first-order valence-electron chi connectivity index (χ1n) is 13.0. The molecule has 1 saturated heterocycles. The number of ether oxygens (including phenoxy) is 1. The average molecular weight is 474 g/mol. The number of anilines is 1. The van der Waals surface area contributed by atoms with Crippen LogP contribution in [0.5, 0.6) is 0 Å².